The summed E-state index contributed by atoms with van der Waals surface area (Å²) in [6.07, 6.45) is 19.4. The zero-order chi connectivity index (χ0) is 18.2. The Hall–Kier alpha value is 0. The van der Waals surface area contributed by atoms with Crippen molar-refractivity contribution in [1.82, 2.24) is 0 Å². The quantitative estimate of drug-likeness (QED) is 0.347. The summed E-state index contributed by atoms with van der Waals surface area (Å²) in [6.45, 7) is 12.3. The van der Waals surface area contributed by atoms with Crippen molar-refractivity contribution in [3.05, 3.63) is 0 Å². The molecule has 0 heterocycles. The second kappa shape index (κ2) is 11.0. The van der Waals surface area contributed by atoms with Crippen LogP contribution in [-0.4, -0.2) is 0 Å². The third kappa shape index (κ3) is 6.59. The van der Waals surface area contributed by atoms with Crippen molar-refractivity contribution in [3.63, 3.8) is 0 Å². The van der Waals surface area contributed by atoms with Crippen molar-refractivity contribution >= 4 is 0 Å². The highest BCUT2D eigenvalue weighted by Crippen LogP contribution is 2.47. The van der Waals surface area contributed by atoms with Gasteiger partial charge in [0, 0.05) is 0 Å². The summed E-state index contributed by atoms with van der Waals surface area (Å²) >= 11 is 0. The molecule has 0 spiro atoms. The summed E-state index contributed by atoms with van der Waals surface area (Å²) in [4.78, 5) is 0. The van der Waals surface area contributed by atoms with Gasteiger partial charge in [0.15, 0.2) is 0 Å². The van der Waals surface area contributed by atoms with Gasteiger partial charge in [-0.3, -0.25) is 0 Å². The topological polar surface area (TPSA) is 0 Å². The standard InChI is InChI=1S/C25H48/c1-6-10-23(20(4)7-2)12-9-8-11-22-17-21(5)25(18-22)24-15-13-19(3)14-16-24/h19-25H,6-18H2,1-5H3. The molecule has 25 heavy (non-hydrogen) atoms. The summed E-state index contributed by atoms with van der Waals surface area (Å²) in [7, 11) is 0. The first kappa shape index (κ1) is 21.3. The van der Waals surface area contributed by atoms with Crippen molar-refractivity contribution in [2.24, 2.45) is 41.4 Å². The molecule has 0 amide bonds. The average molecular weight is 349 g/mol. The average Bonchev–Trinajstić information content (AvgIpc) is 2.98. The largest absolute Gasteiger partial charge is 0.0654 e. The van der Waals surface area contributed by atoms with Gasteiger partial charge in [0.2, 0.25) is 0 Å². The zero-order valence-corrected chi connectivity index (χ0v) is 18.2. The predicted octanol–water partition coefficient (Wildman–Crippen LogP) is 8.50. The summed E-state index contributed by atoms with van der Waals surface area (Å²) in [5.74, 6) is 7.16. The molecule has 0 radical (unpaired) electrons. The molecule has 0 nitrogen and oxygen atoms in total. The second-order valence-corrected chi connectivity index (χ2v) is 10.2. The van der Waals surface area contributed by atoms with Crippen LogP contribution in [-0.2, 0) is 0 Å². The molecule has 2 aliphatic carbocycles. The molecule has 0 aromatic heterocycles. The SMILES string of the molecule is CCCC(CCCCC1CC(C)C(C2CCC(C)CC2)C1)C(C)CC. The first-order valence-corrected chi connectivity index (χ1v) is 12.0. The molecule has 0 aromatic carbocycles. The third-order valence-corrected chi connectivity index (χ3v) is 8.25. The van der Waals surface area contributed by atoms with Gasteiger partial charge in [0.25, 0.3) is 0 Å². The molecule has 0 heteroatoms. The molecule has 0 aromatic rings. The molecular formula is C25H48. The van der Waals surface area contributed by atoms with E-state index in [9.17, 15) is 0 Å². The first-order chi connectivity index (χ1) is 12.0. The molecular weight excluding hydrogens is 300 g/mol. The van der Waals surface area contributed by atoms with Crippen molar-refractivity contribution < 1.29 is 0 Å². The lowest BCUT2D eigenvalue weighted by Gasteiger charge is -2.33. The monoisotopic (exact) mass is 348 g/mol. The molecule has 0 N–H and O–H groups in total. The van der Waals surface area contributed by atoms with Gasteiger partial charge >= 0.3 is 0 Å². The van der Waals surface area contributed by atoms with Crippen molar-refractivity contribution in [1.29, 1.82) is 0 Å². The summed E-state index contributed by atoms with van der Waals surface area (Å²) in [5.41, 5.74) is 0. The van der Waals surface area contributed by atoms with E-state index in [1.807, 2.05) is 0 Å². The van der Waals surface area contributed by atoms with Crippen LogP contribution in [0, 0.1) is 41.4 Å². The molecule has 0 bridgehead atoms. The van der Waals surface area contributed by atoms with Crippen LogP contribution in [0.2, 0.25) is 0 Å². The minimum absolute atomic E-state index is 0.935. The van der Waals surface area contributed by atoms with Crippen LogP contribution in [0.4, 0.5) is 0 Å². The summed E-state index contributed by atoms with van der Waals surface area (Å²) in [6, 6.07) is 0. The Bertz CT molecular complexity index is 338. The van der Waals surface area contributed by atoms with E-state index in [1.54, 1.807) is 12.8 Å². The predicted molar refractivity (Wildman–Crippen MR) is 113 cm³/mol. The molecule has 2 saturated carbocycles. The smallest absolute Gasteiger partial charge is 0.0357 e. The number of hydrogen-bond donors (Lipinski definition) is 0. The van der Waals surface area contributed by atoms with Crippen LogP contribution in [0.25, 0.3) is 0 Å². The number of unbranched alkanes of at least 4 members (excludes halogenated alkanes) is 1. The molecule has 0 aliphatic heterocycles. The summed E-state index contributed by atoms with van der Waals surface area (Å²) in [5, 5.41) is 0. The van der Waals surface area contributed by atoms with E-state index in [2.05, 4.69) is 34.6 Å². The molecule has 2 fully saturated rings. The lowest BCUT2D eigenvalue weighted by molar-refractivity contribution is 0.182. The van der Waals surface area contributed by atoms with Crippen molar-refractivity contribution in [2.75, 3.05) is 0 Å². The third-order valence-electron chi connectivity index (χ3n) is 8.25. The van der Waals surface area contributed by atoms with Crippen LogP contribution in [0.1, 0.15) is 118 Å². The van der Waals surface area contributed by atoms with Gasteiger partial charge in [0.1, 0.15) is 0 Å². The van der Waals surface area contributed by atoms with Crippen molar-refractivity contribution in [2.45, 2.75) is 118 Å². The van der Waals surface area contributed by atoms with Crippen molar-refractivity contribution in [3.8, 4) is 0 Å². The lowest BCUT2D eigenvalue weighted by Crippen LogP contribution is -2.22. The number of rotatable bonds is 10. The Labute approximate surface area is 159 Å². The maximum absolute atomic E-state index is 2.57. The van der Waals surface area contributed by atoms with Crippen LogP contribution >= 0.6 is 0 Å². The first-order valence-electron chi connectivity index (χ1n) is 12.0. The van der Waals surface area contributed by atoms with Gasteiger partial charge in [-0.1, -0.05) is 92.4 Å². The Balaban J connectivity index is 1.66. The van der Waals surface area contributed by atoms with E-state index < -0.39 is 0 Å². The van der Waals surface area contributed by atoms with Gasteiger partial charge in [0.05, 0.1) is 0 Å². The van der Waals surface area contributed by atoms with Crippen LogP contribution in [0.5, 0.6) is 0 Å². The van der Waals surface area contributed by atoms with E-state index >= 15 is 0 Å². The van der Waals surface area contributed by atoms with E-state index in [0.717, 1.165) is 41.4 Å². The van der Waals surface area contributed by atoms with E-state index in [0.29, 0.717) is 0 Å². The fraction of sp³-hybridized carbons (Fsp3) is 1.00. The molecule has 2 aliphatic rings. The van der Waals surface area contributed by atoms with Gasteiger partial charge in [-0.25, -0.2) is 0 Å². The Morgan fingerprint density at radius 1 is 0.880 bits per heavy atom. The van der Waals surface area contributed by atoms with Crippen LogP contribution in [0.3, 0.4) is 0 Å². The van der Waals surface area contributed by atoms with E-state index in [-0.39, 0.29) is 0 Å². The van der Waals surface area contributed by atoms with E-state index in [1.165, 1.54) is 70.6 Å². The number of hydrogen-bond acceptors (Lipinski definition) is 0. The minimum Gasteiger partial charge on any atom is -0.0654 e. The zero-order valence-electron chi connectivity index (χ0n) is 18.2. The summed E-state index contributed by atoms with van der Waals surface area (Å²) < 4.78 is 0. The second-order valence-electron chi connectivity index (χ2n) is 10.2. The maximum atomic E-state index is 2.57. The van der Waals surface area contributed by atoms with Crippen LogP contribution < -0.4 is 0 Å². The minimum atomic E-state index is 0.935. The van der Waals surface area contributed by atoms with Gasteiger partial charge < -0.3 is 0 Å². The van der Waals surface area contributed by atoms with E-state index in [4.69, 9.17) is 0 Å². The maximum Gasteiger partial charge on any atom is -0.0357 e. The highest BCUT2D eigenvalue weighted by Gasteiger charge is 2.37. The fourth-order valence-corrected chi connectivity index (χ4v) is 6.28. The van der Waals surface area contributed by atoms with Gasteiger partial charge in [-0.15, -0.1) is 0 Å². The Kier molecular flexibility index (Phi) is 9.36. The van der Waals surface area contributed by atoms with Gasteiger partial charge in [-0.05, 0) is 67.1 Å². The Morgan fingerprint density at radius 2 is 1.60 bits per heavy atom. The molecule has 5 atom stereocenters. The molecule has 0 saturated heterocycles. The highest BCUT2D eigenvalue weighted by atomic mass is 14.4. The normalized spacial score (nSPS) is 35.6. The molecule has 2 rings (SSSR count). The van der Waals surface area contributed by atoms with Crippen LogP contribution in [0.15, 0.2) is 0 Å². The van der Waals surface area contributed by atoms with Gasteiger partial charge in [-0.2, -0.15) is 0 Å². The Morgan fingerprint density at radius 3 is 2.24 bits per heavy atom. The highest BCUT2D eigenvalue weighted by molar-refractivity contribution is 4.87. The molecule has 148 valence electrons. The fourth-order valence-electron chi connectivity index (χ4n) is 6.28. The molecule has 5 unspecified atom stereocenters. The lowest BCUT2D eigenvalue weighted by atomic mass is 9.73.